The lowest BCUT2D eigenvalue weighted by molar-refractivity contribution is -0.133. The summed E-state index contributed by atoms with van der Waals surface area (Å²) in [5, 5.41) is 0. The summed E-state index contributed by atoms with van der Waals surface area (Å²) < 4.78 is 46.3. The summed E-state index contributed by atoms with van der Waals surface area (Å²) in [5.41, 5.74) is 5.09. The highest BCUT2D eigenvalue weighted by Gasteiger charge is 2.57. The Balaban J connectivity index is 1.21. The average Bonchev–Trinajstić information content (AvgIpc) is 3.85. The van der Waals surface area contributed by atoms with Crippen molar-refractivity contribution in [1.82, 2.24) is 19.9 Å². The van der Waals surface area contributed by atoms with Crippen molar-refractivity contribution < 1.29 is 32.6 Å². The summed E-state index contributed by atoms with van der Waals surface area (Å²) in [6, 6.07) is 10.5. The van der Waals surface area contributed by atoms with Crippen molar-refractivity contribution in [2.75, 3.05) is 44.4 Å². The lowest BCUT2D eigenvalue weighted by atomic mass is 10.0. The average molecular weight is 605 g/mol. The number of nitrogens with zero attached hydrogens (tertiary/aromatic N) is 5. The molecule has 2 amide bonds. The maximum Gasteiger partial charge on any atom is 0.247 e. The molecule has 0 bridgehead atoms. The van der Waals surface area contributed by atoms with Crippen molar-refractivity contribution in [2.24, 2.45) is 11.1 Å². The predicted octanol–water partition coefficient (Wildman–Crippen LogP) is 4.13. The summed E-state index contributed by atoms with van der Waals surface area (Å²) in [6.07, 6.45) is 4.29. The van der Waals surface area contributed by atoms with Crippen LogP contribution < -0.4 is 20.1 Å². The van der Waals surface area contributed by atoms with E-state index >= 15 is 4.39 Å². The molecule has 2 aliphatic rings. The molecular weight excluding hydrogens is 574 g/mol. The highest BCUT2D eigenvalue weighted by molar-refractivity contribution is 6.16. The van der Waals surface area contributed by atoms with Gasteiger partial charge in [-0.1, -0.05) is 0 Å². The molecule has 0 unspecified atom stereocenters. The third kappa shape index (κ3) is 6.15. The van der Waals surface area contributed by atoms with Gasteiger partial charge < -0.3 is 19.9 Å². The number of pyridine rings is 1. The normalized spacial score (nSPS) is 16.0. The summed E-state index contributed by atoms with van der Waals surface area (Å²) in [4.78, 5) is 42.2. The number of hydrogen-bond donors (Lipinski definition) is 1. The fraction of sp³-hybridized carbons (Fsp3) is 0.323. The molecule has 44 heavy (non-hydrogen) atoms. The fourth-order valence-corrected chi connectivity index (χ4v) is 5.03. The maximum absolute atomic E-state index is 15.5. The van der Waals surface area contributed by atoms with E-state index in [1.807, 2.05) is 0 Å². The molecule has 1 aliphatic heterocycles. The molecule has 228 valence electrons. The molecule has 0 spiro atoms. The largest absolute Gasteiger partial charge is 0.477 e. The summed E-state index contributed by atoms with van der Waals surface area (Å²) in [5.74, 6) is -2.35. The SMILES string of the molecule is NC(=O)C1(C(=O)N(c2ccc(F)cc2)c2ccc(Oc3ccnc4ncc(OCCCN5CCOCC5)nc34)c(F)c2)CC1. The second-order valence-corrected chi connectivity index (χ2v) is 10.6. The molecule has 0 radical (unpaired) electrons. The zero-order valence-corrected chi connectivity index (χ0v) is 23.7. The molecule has 2 N–H and O–H groups in total. The Morgan fingerprint density at radius 2 is 1.75 bits per heavy atom. The van der Waals surface area contributed by atoms with E-state index in [9.17, 15) is 14.0 Å². The number of anilines is 2. The molecule has 11 nitrogen and oxygen atoms in total. The van der Waals surface area contributed by atoms with Gasteiger partial charge in [-0.05, 0) is 55.7 Å². The van der Waals surface area contributed by atoms with Gasteiger partial charge in [0.05, 0.1) is 31.7 Å². The first kappa shape index (κ1) is 29.3. The molecule has 1 saturated carbocycles. The molecule has 2 aromatic heterocycles. The van der Waals surface area contributed by atoms with Crippen LogP contribution in [0.3, 0.4) is 0 Å². The first-order valence-corrected chi connectivity index (χ1v) is 14.3. The second kappa shape index (κ2) is 12.5. The Kier molecular flexibility index (Phi) is 8.31. The van der Waals surface area contributed by atoms with Gasteiger partial charge in [0.25, 0.3) is 0 Å². The number of carbonyl (C=O) groups is 2. The van der Waals surface area contributed by atoms with Gasteiger partial charge in [-0.15, -0.1) is 0 Å². The Labute approximate surface area is 251 Å². The van der Waals surface area contributed by atoms with E-state index in [1.54, 1.807) is 0 Å². The zero-order valence-electron chi connectivity index (χ0n) is 23.7. The van der Waals surface area contributed by atoms with Crippen LogP contribution in [-0.4, -0.2) is 71.1 Å². The Morgan fingerprint density at radius 3 is 2.45 bits per heavy atom. The fourth-order valence-electron chi connectivity index (χ4n) is 5.03. The van der Waals surface area contributed by atoms with Crippen molar-refractivity contribution in [3.63, 3.8) is 0 Å². The smallest absolute Gasteiger partial charge is 0.247 e. The van der Waals surface area contributed by atoms with Crippen LogP contribution in [0.15, 0.2) is 60.9 Å². The lowest BCUT2D eigenvalue weighted by Gasteiger charge is -2.26. The van der Waals surface area contributed by atoms with E-state index in [2.05, 4.69) is 19.9 Å². The topological polar surface area (TPSA) is 133 Å². The molecule has 6 rings (SSSR count). The summed E-state index contributed by atoms with van der Waals surface area (Å²) in [6.45, 7) is 4.57. The van der Waals surface area contributed by atoms with Crippen molar-refractivity contribution in [3.05, 3.63) is 72.6 Å². The monoisotopic (exact) mass is 604 g/mol. The van der Waals surface area contributed by atoms with Crippen LogP contribution in [0.2, 0.25) is 0 Å². The third-order valence-corrected chi connectivity index (χ3v) is 7.67. The zero-order chi connectivity index (χ0) is 30.7. The van der Waals surface area contributed by atoms with Crippen LogP contribution in [-0.2, 0) is 14.3 Å². The molecular formula is C31H30F2N6O5. The molecule has 13 heteroatoms. The van der Waals surface area contributed by atoms with E-state index in [4.69, 9.17) is 19.9 Å². The quantitative estimate of drug-likeness (QED) is 0.198. The van der Waals surface area contributed by atoms with Crippen LogP contribution in [0.5, 0.6) is 17.4 Å². The minimum Gasteiger partial charge on any atom is -0.477 e. The number of aromatic nitrogens is 3. The number of rotatable bonds is 11. The number of amides is 2. The highest BCUT2D eigenvalue weighted by atomic mass is 19.1. The van der Waals surface area contributed by atoms with Gasteiger partial charge in [0, 0.05) is 43.7 Å². The van der Waals surface area contributed by atoms with E-state index < -0.39 is 28.9 Å². The van der Waals surface area contributed by atoms with Crippen molar-refractivity contribution >= 4 is 34.4 Å². The predicted molar refractivity (Wildman–Crippen MR) is 156 cm³/mol. The highest BCUT2D eigenvalue weighted by Crippen LogP contribution is 2.49. The number of ether oxygens (including phenoxy) is 3. The van der Waals surface area contributed by atoms with E-state index in [1.165, 1.54) is 59.8 Å². The molecule has 0 atom stereocenters. The first-order valence-electron chi connectivity index (χ1n) is 14.3. The van der Waals surface area contributed by atoms with Crippen molar-refractivity contribution in [1.29, 1.82) is 0 Å². The van der Waals surface area contributed by atoms with Crippen molar-refractivity contribution in [2.45, 2.75) is 19.3 Å². The number of nitrogens with two attached hydrogens (primary N) is 1. The van der Waals surface area contributed by atoms with Gasteiger partial charge in [-0.2, -0.15) is 0 Å². The van der Waals surface area contributed by atoms with Crippen LogP contribution in [0, 0.1) is 17.0 Å². The standard InChI is InChI=1S/C31H30F2N6O5/c32-20-2-4-21(5-3-20)39(30(41)31(9-10-31)29(34)40)22-6-7-24(23(33)18-22)44-25-8-11-35-28-27(25)37-26(19-36-28)43-15-1-12-38-13-16-42-17-14-38/h2-8,11,18-19H,1,9-10,12-17H2,(H2,34,40). The van der Waals surface area contributed by atoms with Crippen LogP contribution in [0.1, 0.15) is 19.3 Å². The Bertz CT molecular complexity index is 1680. The van der Waals surface area contributed by atoms with Gasteiger partial charge in [0.15, 0.2) is 28.5 Å². The number of morpholine rings is 1. The van der Waals surface area contributed by atoms with Gasteiger partial charge in [0.2, 0.25) is 17.7 Å². The van der Waals surface area contributed by atoms with Gasteiger partial charge in [-0.25, -0.2) is 23.7 Å². The van der Waals surface area contributed by atoms with Gasteiger partial charge >= 0.3 is 0 Å². The summed E-state index contributed by atoms with van der Waals surface area (Å²) >= 11 is 0. The minimum atomic E-state index is -1.39. The molecule has 4 aromatic rings. The van der Waals surface area contributed by atoms with E-state index in [-0.39, 0.29) is 52.8 Å². The molecule has 1 aliphatic carbocycles. The maximum atomic E-state index is 15.5. The molecule has 1 saturated heterocycles. The number of carbonyl (C=O) groups excluding carboxylic acids is 2. The minimum absolute atomic E-state index is 0.117. The van der Waals surface area contributed by atoms with Crippen molar-refractivity contribution in [3.8, 4) is 17.4 Å². The Morgan fingerprint density at radius 1 is 1.00 bits per heavy atom. The lowest BCUT2D eigenvalue weighted by Crippen LogP contribution is -2.41. The first-order chi connectivity index (χ1) is 21.3. The second-order valence-electron chi connectivity index (χ2n) is 10.6. The summed E-state index contributed by atoms with van der Waals surface area (Å²) in [7, 11) is 0. The van der Waals surface area contributed by atoms with Crippen LogP contribution >= 0.6 is 0 Å². The van der Waals surface area contributed by atoms with E-state index in [0.29, 0.717) is 6.61 Å². The number of halogens is 2. The Hall–Kier alpha value is -4.75. The van der Waals surface area contributed by atoms with E-state index in [0.717, 1.165) is 45.3 Å². The third-order valence-electron chi connectivity index (χ3n) is 7.67. The molecule has 3 heterocycles. The van der Waals surface area contributed by atoms with Crippen LogP contribution in [0.4, 0.5) is 20.2 Å². The number of primary amides is 1. The van der Waals surface area contributed by atoms with Crippen LogP contribution in [0.25, 0.3) is 11.2 Å². The molecule has 2 fully saturated rings. The van der Waals surface area contributed by atoms with Gasteiger partial charge in [-0.3, -0.25) is 19.4 Å². The number of hydrogen-bond acceptors (Lipinski definition) is 9. The number of benzene rings is 2. The number of fused-ring (bicyclic) bond motifs is 1. The van der Waals surface area contributed by atoms with Gasteiger partial charge in [0.1, 0.15) is 11.2 Å². The molecule has 2 aromatic carbocycles.